The third-order valence-corrected chi connectivity index (χ3v) is 4.34. The van der Waals surface area contributed by atoms with Crippen LogP contribution in [0.15, 0.2) is 85.2 Å². The van der Waals surface area contributed by atoms with Crippen molar-refractivity contribution in [2.45, 2.75) is 6.54 Å². The Bertz CT molecular complexity index is 1090. The molecule has 4 aromatic rings. The van der Waals surface area contributed by atoms with Gasteiger partial charge in [0.05, 0.1) is 23.6 Å². The highest BCUT2D eigenvalue weighted by Gasteiger charge is 2.08. The van der Waals surface area contributed by atoms with Crippen LogP contribution in [0.5, 0.6) is 0 Å². The molecule has 28 heavy (non-hydrogen) atoms. The number of benzene rings is 2. The number of anilines is 2. The van der Waals surface area contributed by atoms with Crippen molar-refractivity contribution in [3.05, 3.63) is 96.3 Å². The van der Waals surface area contributed by atoms with Gasteiger partial charge in [-0.05, 0) is 48.0 Å². The van der Waals surface area contributed by atoms with E-state index in [1.54, 1.807) is 30.5 Å². The molecular formula is C22H19N5O. The Morgan fingerprint density at radius 1 is 0.929 bits per heavy atom. The van der Waals surface area contributed by atoms with E-state index >= 15 is 0 Å². The lowest BCUT2D eigenvalue weighted by atomic mass is 10.1. The number of nitrogens with zero attached hydrogens (tertiary/aromatic N) is 3. The molecule has 2 heterocycles. The van der Waals surface area contributed by atoms with E-state index in [1.165, 1.54) is 0 Å². The number of carbonyl (C=O) groups is 1. The first-order chi connectivity index (χ1) is 13.7. The summed E-state index contributed by atoms with van der Waals surface area (Å²) in [7, 11) is 0. The van der Waals surface area contributed by atoms with Crippen molar-refractivity contribution in [2.75, 3.05) is 11.1 Å². The van der Waals surface area contributed by atoms with Crippen molar-refractivity contribution in [1.82, 2.24) is 14.8 Å². The van der Waals surface area contributed by atoms with Crippen molar-refractivity contribution < 1.29 is 4.79 Å². The molecular weight excluding hydrogens is 350 g/mol. The van der Waals surface area contributed by atoms with Crippen molar-refractivity contribution in [2.24, 2.45) is 0 Å². The first-order valence-corrected chi connectivity index (χ1v) is 8.89. The van der Waals surface area contributed by atoms with E-state index in [0.717, 1.165) is 17.0 Å². The SMILES string of the molecule is Nc1ccccc1NC(=O)c1ccc(Cn2ccc(-c3ccccn3)n2)cc1. The second kappa shape index (κ2) is 7.75. The predicted molar refractivity (Wildman–Crippen MR) is 110 cm³/mol. The summed E-state index contributed by atoms with van der Waals surface area (Å²) in [5.41, 5.74) is 10.3. The highest BCUT2D eigenvalue weighted by atomic mass is 16.1. The van der Waals surface area contributed by atoms with Gasteiger partial charge < -0.3 is 11.1 Å². The number of rotatable bonds is 5. The molecule has 0 radical (unpaired) electrons. The van der Waals surface area contributed by atoms with Crippen LogP contribution in [-0.2, 0) is 6.54 Å². The molecule has 3 N–H and O–H groups in total. The average Bonchev–Trinajstić information content (AvgIpc) is 3.19. The van der Waals surface area contributed by atoms with Gasteiger partial charge >= 0.3 is 0 Å². The van der Waals surface area contributed by atoms with Gasteiger partial charge in [-0.3, -0.25) is 14.5 Å². The molecule has 0 bridgehead atoms. The Labute approximate surface area is 162 Å². The number of para-hydroxylation sites is 2. The highest BCUT2D eigenvalue weighted by Crippen LogP contribution is 2.18. The van der Waals surface area contributed by atoms with Gasteiger partial charge in [0, 0.05) is 18.0 Å². The van der Waals surface area contributed by atoms with Crippen LogP contribution in [0.25, 0.3) is 11.4 Å². The maximum absolute atomic E-state index is 12.4. The Hall–Kier alpha value is -3.93. The summed E-state index contributed by atoms with van der Waals surface area (Å²) in [5.74, 6) is -0.194. The maximum atomic E-state index is 12.4. The minimum atomic E-state index is -0.194. The zero-order valence-electron chi connectivity index (χ0n) is 15.1. The van der Waals surface area contributed by atoms with Crippen LogP contribution in [0.2, 0.25) is 0 Å². The maximum Gasteiger partial charge on any atom is 0.255 e. The van der Waals surface area contributed by atoms with Gasteiger partial charge in [-0.25, -0.2) is 0 Å². The third kappa shape index (κ3) is 3.91. The number of nitrogens with two attached hydrogens (primary N) is 1. The number of amides is 1. The van der Waals surface area contributed by atoms with Crippen LogP contribution >= 0.6 is 0 Å². The molecule has 0 atom stereocenters. The van der Waals surface area contributed by atoms with Gasteiger partial charge in [-0.1, -0.05) is 30.3 Å². The summed E-state index contributed by atoms with van der Waals surface area (Å²) >= 11 is 0. The summed E-state index contributed by atoms with van der Waals surface area (Å²) in [6.07, 6.45) is 3.67. The predicted octanol–water partition coefficient (Wildman–Crippen LogP) is 3.83. The molecule has 6 heteroatoms. The summed E-state index contributed by atoms with van der Waals surface area (Å²) in [4.78, 5) is 16.7. The smallest absolute Gasteiger partial charge is 0.255 e. The summed E-state index contributed by atoms with van der Waals surface area (Å²) in [6, 6.07) is 22.3. The van der Waals surface area contributed by atoms with Crippen LogP contribution < -0.4 is 11.1 Å². The lowest BCUT2D eigenvalue weighted by Crippen LogP contribution is -2.13. The molecule has 0 aliphatic carbocycles. The lowest BCUT2D eigenvalue weighted by Gasteiger charge is -2.08. The Balaban J connectivity index is 1.43. The zero-order chi connectivity index (χ0) is 19.3. The highest BCUT2D eigenvalue weighted by molar-refractivity contribution is 6.05. The van der Waals surface area contributed by atoms with E-state index in [4.69, 9.17) is 5.73 Å². The van der Waals surface area contributed by atoms with Crippen molar-refractivity contribution in [1.29, 1.82) is 0 Å². The van der Waals surface area contributed by atoms with Crippen molar-refractivity contribution >= 4 is 17.3 Å². The number of pyridine rings is 1. The van der Waals surface area contributed by atoms with Gasteiger partial charge in [0.2, 0.25) is 0 Å². The molecule has 0 unspecified atom stereocenters. The van der Waals surface area contributed by atoms with Crippen LogP contribution in [0, 0.1) is 0 Å². The quantitative estimate of drug-likeness (QED) is 0.524. The first kappa shape index (κ1) is 17.5. The topological polar surface area (TPSA) is 85.8 Å². The molecule has 0 aliphatic rings. The van der Waals surface area contributed by atoms with E-state index in [-0.39, 0.29) is 5.91 Å². The van der Waals surface area contributed by atoms with Crippen LogP contribution in [0.4, 0.5) is 11.4 Å². The summed E-state index contributed by atoms with van der Waals surface area (Å²) in [5, 5.41) is 7.39. The normalized spacial score (nSPS) is 10.6. The molecule has 0 fully saturated rings. The minimum Gasteiger partial charge on any atom is -0.397 e. The summed E-state index contributed by atoms with van der Waals surface area (Å²) < 4.78 is 1.85. The van der Waals surface area contributed by atoms with E-state index in [9.17, 15) is 4.79 Å². The fourth-order valence-corrected chi connectivity index (χ4v) is 2.85. The standard InChI is InChI=1S/C22H19N5O/c23-18-5-1-2-6-19(18)25-22(28)17-10-8-16(9-11-17)15-27-14-12-21(26-27)20-7-3-4-13-24-20/h1-14H,15,23H2,(H,25,28). The lowest BCUT2D eigenvalue weighted by molar-refractivity contribution is 0.102. The molecule has 0 saturated heterocycles. The fraction of sp³-hybridized carbons (Fsp3) is 0.0455. The van der Waals surface area contributed by atoms with E-state index < -0.39 is 0 Å². The van der Waals surface area contributed by atoms with Gasteiger partial charge in [0.15, 0.2) is 0 Å². The number of nitrogen functional groups attached to an aromatic ring is 1. The Kier molecular flexibility index (Phi) is 4.84. The monoisotopic (exact) mass is 369 g/mol. The average molecular weight is 369 g/mol. The minimum absolute atomic E-state index is 0.194. The molecule has 2 aromatic carbocycles. The van der Waals surface area contributed by atoms with Gasteiger partial charge in [-0.15, -0.1) is 0 Å². The Morgan fingerprint density at radius 2 is 1.71 bits per heavy atom. The molecule has 138 valence electrons. The van der Waals surface area contributed by atoms with Crippen LogP contribution in [-0.4, -0.2) is 20.7 Å². The molecule has 4 rings (SSSR count). The molecule has 1 amide bonds. The van der Waals surface area contributed by atoms with E-state index in [0.29, 0.717) is 23.5 Å². The van der Waals surface area contributed by atoms with E-state index in [2.05, 4.69) is 15.4 Å². The molecule has 0 saturated carbocycles. The van der Waals surface area contributed by atoms with Crippen LogP contribution in [0.3, 0.4) is 0 Å². The second-order valence-corrected chi connectivity index (χ2v) is 6.35. The molecule has 2 aromatic heterocycles. The van der Waals surface area contributed by atoms with Gasteiger partial charge in [0.1, 0.15) is 5.69 Å². The number of carbonyl (C=O) groups excluding carboxylic acids is 1. The molecule has 0 aliphatic heterocycles. The number of nitrogens with one attached hydrogen (secondary N) is 1. The first-order valence-electron chi connectivity index (χ1n) is 8.89. The largest absolute Gasteiger partial charge is 0.397 e. The van der Waals surface area contributed by atoms with Gasteiger partial charge in [-0.2, -0.15) is 5.10 Å². The van der Waals surface area contributed by atoms with Crippen molar-refractivity contribution in [3.63, 3.8) is 0 Å². The zero-order valence-corrected chi connectivity index (χ0v) is 15.1. The van der Waals surface area contributed by atoms with Gasteiger partial charge in [0.25, 0.3) is 5.91 Å². The molecule has 6 nitrogen and oxygen atoms in total. The van der Waals surface area contributed by atoms with Crippen LogP contribution in [0.1, 0.15) is 15.9 Å². The number of hydrogen-bond donors (Lipinski definition) is 2. The third-order valence-electron chi connectivity index (χ3n) is 4.34. The second-order valence-electron chi connectivity index (χ2n) is 6.35. The fourth-order valence-electron chi connectivity index (χ4n) is 2.85. The Morgan fingerprint density at radius 3 is 2.46 bits per heavy atom. The molecule has 0 spiro atoms. The number of hydrogen-bond acceptors (Lipinski definition) is 4. The van der Waals surface area contributed by atoms with Crippen molar-refractivity contribution in [3.8, 4) is 11.4 Å². The summed E-state index contributed by atoms with van der Waals surface area (Å²) in [6.45, 7) is 0.611. The van der Waals surface area contributed by atoms with E-state index in [1.807, 2.05) is 59.4 Å². The number of aromatic nitrogens is 3.